The van der Waals surface area contributed by atoms with E-state index in [-0.39, 0.29) is 0 Å². The van der Waals surface area contributed by atoms with Crippen LogP contribution in [-0.2, 0) is 0 Å². The van der Waals surface area contributed by atoms with E-state index in [1.807, 2.05) is 0 Å². The molecule has 0 radical (unpaired) electrons. The van der Waals surface area contributed by atoms with E-state index in [2.05, 4.69) is 33.9 Å². The van der Waals surface area contributed by atoms with Crippen LogP contribution in [0.15, 0.2) is 12.3 Å². The molecule has 2 saturated heterocycles. The third kappa shape index (κ3) is 1.10. The molecule has 0 aliphatic carbocycles. The smallest absolute Gasteiger partial charge is 0.0686 e. The second-order valence-corrected chi connectivity index (χ2v) is 4.31. The standard InChI is InChI=1S/C10H15N3/c1-8-2-5-13(11-8)10-7-12-4-3-9(10)6-12/h2,5,9-10H,3-4,6-7H2,1H3/t9-,10?/m0/s1. The normalized spacial score (nSPS) is 37.2. The molecule has 1 aromatic rings. The number of fused-ring (bicyclic) bond motifs is 2. The van der Waals surface area contributed by atoms with Crippen LogP contribution in [0.1, 0.15) is 18.2 Å². The van der Waals surface area contributed by atoms with Crippen molar-refractivity contribution in [2.45, 2.75) is 19.4 Å². The Morgan fingerprint density at radius 2 is 2.38 bits per heavy atom. The number of hydrogen-bond donors (Lipinski definition) is 0. The zero-order valence-corrected chi connectivity index (χ0v) is 7.98. The number of piperidine rings is 1. The summed E-state index contributed by atoms with van der Waals surface area (Å²) in [6.07, 6.45) is 3.49. The van der Waals surface area contributed by atoms with Crippen molar-refractivity contribution in [3.05, 3.63) is 18.0 Å². The van der Waals surface area contributed by atoms with Gasteiger partial charge in [0.05, 0.1) is 11.7 Å². The molecule has 70 valence electrons. The van der Waals surface area contributed by atoms with Crippen molar-refractivity contribution >= 4 is 0 Å². The molecule has 13 heavy (non-hydrogen) atoms. The molecule has 0 saturated carbocycles. The minimum absolute atomic E-state index is 0.655. The summed E-state index contributed by atoms with van der Waals surface area (Å²) in [5.41, 5.74) is 1.14. The Morgan fingerprint density at radius 1 is 1.46 bits per heavy atom. The summed E-state index contributed by atoms with van der Waals surface area (Å²) in [6.45, 7) is 5.88. The number of aromatic nitrogens is 2. The van der Waals surface area contributed by atoms with Crippen LogP contribution < -0.4 is 0 Å². The molecule has 0 spiro atoms. The minimum atomic E-state index is 0.655. The summed E-state index contributed by atoms with van der Waals surface area (Å²) in [5.74, 6) is 0.860. The molecule has 2 unspecified atom stereocenters. The van der Waals surface area contributed by atoms with Crippen LogP contribution in [0.2, 0.25) is 0 Å². The highest BCUT2D eigenvalue weighted by atomic mass is 15.3. The molecule has 1 aromatic heterocycles. The van der Waals surface area contributed by atoms with E-state index in [1.165, 1.54) is 26.1 Å². The van der Waals surface area contributed by atoms with Crippen LogP contribution in [0, 0.1) is 12.8 Å². The highest BCUT2D eigenvalue weighted by Gasteiger charge is 2.39. The summed E-state index contributed by atoms with van der Waals surface area (Å²) < 4.78 is 2.17. The van der Waals surface area contributed by atoms with Gasteiger partial charge in [-0.1, -0.05) is 0 Å². The molecular formula is C10H15N3. The molecule has 0 aromatic carbocycles. The van der Waals surface area contributed by atoms with Crippen molar-refractivity contribution in [2.75, 3.05) is 19.6 Å². The lowest BCUT2D eigenvalue weighted by atomic mass is 10.0. The van der Waals surface area contributed by atoms with Gasteiger partial charge >= 0.3 is 0 Å². The van der Waals surface area contributed by atoms with Crippen LogP contribution in [-0.4, -0.2) is 34.3 Å². The van der Waals surface area contributed by atoms with E-state index in [9.17, 15) is 0 Å². The first-order valence-corrected chi connectivity index (χ1v) is 5.07. The van der Waals surface area contributed by atoms with Crippen molar-refractivity contribution in [2.24, 2.45) is 5.92 Å². The SMILES string of the molecule is Cc1ccn(C2CN3CC[C@H]2C3)n1. The molecule has 3 rings (SSSR count). The fourth-order valence-corrected chi connectivity index (χ4v) is 2.67. The lowest BCUT2D eigenvalue weighted by molar-refractivity contribution is 0.285. The minimum Gasteiger partial charge on any atom is -0.301 e. The van der Waals surface area contributed by atoms with Crippen molar-refractivity contribution in [1.29, 1.82) is 0 Å². The van der Waals surface area contributed by atoms with Gasteiger partial charge < -0.3 is 4.90 Å². The van der Waals surface area contributed by atoms with Crippen LogP contribution in [0.5, 0.6) is 0 Å². The second-order valence-electron chi connectivity index (χ2n) is 4.31. The van der Waals surface area contributed by atoms with Gasteiger partial charge in [-0.15, -0.1) is 0 Å². The molecule has 3 heterocycles. The number of rotatable bonds is 1. The number of nitrogens with zero attached hydrogens (tertiary/aromatic N) is 3. The first-order valence-electron chi connectivity index (χ1n) is 5.07. The summed E-state index contributed by atoms with van der Waals surface area (Å²) in [7, 11) is 0. The summed E-state index contributed by atoms with van der Waals surface area (Å²) in [4.78, 5) is 2.55. The van der Waals surface area contributed by atoms with E-state index < -0.39 is 0 Å². The third-order valence-corrected chi connectivity index (χ3v) is 3.38. The Labute approximate surface area is 78.3 Å². The Balaban J connectivity index is 1.87. The third-order valence-electron chi connectivity index (χ3n) is 3.38. The fourth-order valence-electron chi connectivity index (χ4n) is 2.67. The largest absolute Gasteiger partial charge is 0.301 e. The van der Waals surface area contributed by atoms with Gasteiger partial charge in [0.1, 0.15) is 0 Å². The summed E-state index contributed by atoms with van der Waals surface area (Å²) in [5, 5.41) is 4.50. The highest BCUT2D eigenvalue weighted by Crippen LogP contribution is 2.35. The summed E-state index contributed by atoms with van der Waals surface area (Å²) >= 11 is 0. The number of hydrogen-bond acceptors (Lipinski definition) is 2. The first-order chi connectivity index (χ1) is 6.33. The average molecular weight is 177 g/mol. The Kier molecular flexibility index (Phi) is 1.50. The van der Waals surface area contributed by atoms with Gasteiger partial charge in [0.25, 0.3) is 0 Å². The maximum Gasteiger partial charge on any atom is 0.0686 e. The average Bonchev–Trinajstić information content (AvgIpc) is 2.77. The van der Waals surface area contributed by atoms with Crippen LogP contribution in [0.25, 0.3) is 0 Å². The van der Waals surface area contributed by atoms with Crippen molar-refractivity contribution < 1.29 is 0 Å². The van der Waals surface area contributed by atoms with Gasteiger partial charge in [-0.3, -0.25) is 4.68 Å². The molecule has 2 aliphatic heterocycles. The molecule has 3 atom stereocenters. The Hall–Kier alpha value is -0.830. The first kappa shape index (κ1) is 7.56. The van der Waals surface area contributed by atoms with Crippen LogP contribution in [0.4, 0.5) is 0 Å². The van der Waals surface area contributed by atoms with Crippen molar-refractivity contribution in [3.8, 4) is 0 Å². The zero-order chi connectivity index (χ0) is 8.84. The van der Waals surface area contributed by atoms with Gasteiger partial charge in [0.15, 0.2) is 0 Å². The van der Waals surface area contributed by atoms with Gasteiger partial charge in [-0.2, -0.15) is 5.10 Å². The van der Waals surface area contributed by atoms with Gasteiger partial charge in [-0.25, -0.2) is 0 Å². The van der Waals surface area contributed by atoms with E-state index in [0.29, 0.717) is 6.04 Å². The zero-order valence-electron chi connectivity index (χ0n) is 7.98. The molecule has 3 heteroatoms. The van der Waals surface area contributed by atoms with Crippen molar-refractivity contribution in [3.63, 3.8) is 0 Å². The predicted molar refractivity (Wildman–Crippen MR) is 50.5 cm³/mol. The predicted octanol–water partition coefficient (Wildman–Crippen LogP) is 1.07. The topological polar surface area (TPSA) is 21.1 Å². The van der Waals surface area contributed by atoms with Gasteiger partial charge in [0, 0.05) is 19.3 Å². The van der Waals surface area contributed by atoms with E-state index in [1.54, 1.807) is 0 Å². The highest BCUT2D eigenvalue weighted by molar-refractivity contribution is 5.00. The molecule has 0 N–H and O–H groups in total. The van der Waals surface area contributed by atoms with Gasteiger partial charge in [-0.05, 0) is 31.9 Å². The molecule has 0 amide bonds. The molecule has 2 aliphatic rings. The van der Waals surface area contributed by atoms with Gasteiger partial charge in [0.2, 0.25) is 0 Å². The molecule has 2 bridgehead atoms. The quantitative estimate of drug-likeness (QED) is 0.639. The fraction of sp³-hybridized carbons (Fsp3) is 0.700. The lowest BCUT2D eigenvalue weighted by Gasteiger charge is -2.22. The van der Waals surface area contributed by atoms with E-state index in [0.717, 1.165) is 11.6 Å². The van der Waals surface area contributed by atoms with E-state index >= 15 is 0 Å². The van der Waals surface area contributed by atoms with Crippen LogP contribution >= 0.6 is 0 Å². The Morgan fingerprint density at radius 3 is 2.92 bits per heavy atom. The molecule has 2 fully saturated rings. The van der Waals surface area contributed by atoms with Crippen LogP contribution in [0.3, 0.4) is 0 Å². The maximum absolute atomic E-state index is 4.50. The maximum atomic E-state index is 4.50. The van der Waals surface area contributed by atoms with E-state index in [4.69, 9.17) is 0 Å². The number of aryl methyl sites for hydroxylation is 1. The monoisotopic (exact) mass is 177 g/mol. The van der Waals surface area contributed by atoms with Crippen molar-refractivity contribution in [1.82, 2.24) is 14.7 Å². The molecular weight excluding hydrogens is 162 g/mol. The lowest BCUT2D eigenvalue weighted by Crippen LogP contribution is -2.26. The second kappa shape index (κ2) is 2.58. The molecule has 3 nitrogen and oxygen atoms in total. The Bertz CT molecular complexity index is 318. The summed E-state index contributed by atoms with van der Waals surface area (Å²) in [6, 6.07) is 2.75.